The van der Waals surface area contributed by atoms with Crippen molar-refractivity contribution in [1.29, 1.82) is 0 Å². The fraction of sp³-hybridized carbons (Fsp3) is 1.00. The predicted molar refractivity (Wildman–Crippen MR) is 64.9 cm³/mol. The summed E-state index contributed by atoms with van der Waals surface area (Å²) in [6.45, 7) is 7.33. The fourth-order valence-electron chi connectivity index (χ4n) is 2.57. The smallest absolute Gasteiger partial charge is 0.0667 e. The Labute approximate surface area is 94.5 Å². The first-order valence-corrected chi connectivity index (χ1v) is 6.51. The minimum atomic E-state index is -0.172. The molecule has 2 unspecified atom stereocenters. The zero-order valence-corrected chi connectivity index (χ0v) is 10.5. The molecule has 1 fully saturated rings. The number of rotatable bonds is 6. The van der Waals surface area contributed by atoms with Crippen molar-refractivity contribution in [1.82, 2.24) is 5.32 Å². The van der Waals surface area contributed by atoms with Gasteiger partial charge in [0.15, 0.2) is 0 Å². The second kappa shape index (κ2) is 6.49. The van der Waals surface area contributed by atoms with Crippen molar-refractivity contribution in [3.63, 3.8) is 0 Å². The molecule has 0 amide bonds. The lowest BCUT2D eigenvalue weighted by Crippen LogP contribution is -2.38. The number of hydrogen-bond acceptors (Lipinski definition) is 2. The van der Waals surface area contributed by atoms with E-state index in [4.69, 9.17) is 0 Å². The summed E-state index contributed by atoms with van der Waals surface area (Å²) in [6, 6.07) is 0.578. The average molecular weight is 213 g/mol. The van der Waals surface area contributed by atoms with Gasteiger partial charge in [-0.15, -0.1) is 0 Å². The van der Waals surface area contributed by atoms with Crippen LogP contribution in [0, 0.1) is 11.8 Å². The van der Waals surface area contributed by atoms with Crippen LogP contribution in [-0.2, 0) is 0 Å². The molecule has 0 spiro atoms. The molecule has 0 aromatic rings. The van der Waals surface area contributed by atoms with Gasteiger partial charge in [-0.1, -0.05) is 26.7 Å². The van der Waals surface area contributed by atoms with Gasteiger partial charge in [0, 0.05) is 12.6 Å². The molecule has 90 valence electrons. The van der Waals surface area contributed by atoms with Gasteiger partial charge >= 0.3 is 0 Å². The Bertz CT molecular complexity index is 164. The van der Waals surface area contributed by atoms with Gasteiger partial charge in [0.1, 0.15) is 0 Å². The number of hydrogen-bond donors (Lipinski definition) is 2. The van der Waals surface area contributed by atoms with E-state index in [-0.39, 0.29) is 6.10 Å². The van der Waals surface area contributed by atoms with Crippen LogP contribution in [0.15, 0.2) is 0 Å². The molecule has 0 bridgehead atoms. The molecule has 1 aliphatic carbocycles. The van der Waals surface area contributed by atoms with Crippen LogP contribution in [0.2, 0.25) is 0 Å². The van der Waals surface area contributed by atoms with E-state index in [0.717, 1.165) is 18.9 Å². The highest BCUT2D eigenvalue weighted by Gasteiger charge is 2.21. The Morgan fingerprint density at radius 2 is 1.80 bits per heavy atom. The van der Waals surface area contributed by atoms with Crippen LogP contribution in [0.4, 0.5) is 0 Å². The molecule has 15 heavy (non-hydrogen) atoms. The molecule has 1 rings (SSSR count). The zero-order chi connectivity index (χ0) is 11.3. The maximum Gasteiger partial charge on any atom is 0.0667 e. The summed E-state index contributed by atoms with van der Waals surface area (Å²) in [6.07, 6.45) is 6.26. The van der Waals surface area contributed by atoms with E-state index in [2.05, 4.69) is 26.1 Å². The molecule has 0 saturated heterocycles. The van der Waals surface area contributed by atoms with Gasteiger partial charge < -0.3 is 10.4 Å². The van der Waals surface area contributed by atoms with E-state index in [1.165, 1.54) is 25.7 Å². The second-order valence-corrected chi connectivity index (χ2v) is 5.52. The lowest BCUT2D eigenvalue weighted by molar-refractivity contribution is 0.139. The molecule has 0 heterocycles. The Morgan fingerprint density at radius 3 is 2.33 bits per heavy atom. The highest BCUT2D eigenvalue weighted by Crippen LogP contribution is 2.27. The third kappa shape index (κ3) is 4.98. The van der Waals surface area contributed by atoms with Gasteiger partial charge in [0.05, 0.1) is 6.10 Å². The molecule has 1 saturated carbocycles. The molecule has 0 aliphatic heterocycles. The number of aliphatic hydroxyl groups excluding tert-OH is 1. The molecule has 2 atom stereocenters. The molecular formula is C13H27NO. The minimum absolute atomic E-state index is 0.172. The third-order valence-electron chi connectivity index (χ3n) is 3.53. The second-order valence-electron chi connectivity index (χ2n) is 5.52. The molecule has 1 aliphatic rings. The summed E-state index contributed by atoms with van der Waals surface area (Å²) in [7, 11) is 0. The van der Waals surface area contributed by atoms with Crippen LogP contribution >= 0.6 is 0 Å². The maximum absolute atomic E-state index is 9.75. The topological polar surface area (TPSA) is 32.3 Å². The largest absolute Gasteiger partial charge is 0.392 e. The van der Waals surface area contributed by atoms with Gasteiger partial charge in [-0.3, -0.25) is 0 Å². The molecule has 0 radical (unpaired) electrons. The van der Waals surface area contributed by atoms with Crippen LogP contribution in [-0.4, -0.2) is 23.8 Å². The normalized spacial score (nSPS) is 22.2. The van der Waals surface area contributed by atoms with Crippen LogP contribution in [0.3, 0.4) is 0 Å². The number of aliphatic hydroxyl groups is 1. The van der Waals surface area contributed by atoms with E-state index in [9.17, 15) is 5.11 Å². The Kier molecular flexibility index (Phi) is 5.62. The predicted octanol–water partition coefficient (Wildman–Crippen LogP) is 2.56. The summed E-state index contributed by atoms with van der Waals surface area (Å²) in [4.78, 5) is 0. The lowest BCUT2D eigenvalue weighted by atomic mass is 9.99. The van der Waals surface area contributed by atoms with Crippen LogP contribution in [0.5, 0.6) is 0 Å². The first-order chi connectivity index (χ1) is 7.09. The summed E-state index contributed by atoms with van der Waals surface area (Å²) in [5.41, 5.74) is 0. The molecule has 0 aromatic heterocycles. The summed E-state index contributed by atoms with van der Waals surface area (Å²) in [5.74, 6) is 1.43. The van der Waals surface area contributed by atoms with Crippen molar-refractivity contribution in [2.24, 2.45) is 11.8 Å². The van der Waals surface area contributed by atoms with Crippen LogP contribution in [0.1, 0.15) is 52.9 Å². The highest BCUT2D eigenvalue weighted by atomic mass is 16.3. The van der Waals surface area contributed by atoms with Crippen molar-refractivity contribution < 1.29 is 5.11 Å². The van der Waals surface area contributed by atoms with Gasteiger partial charge in [0.2, 0.25) is 0 Å². The third-order valence-corrected chi connectivity index (χ3v) is 3.53. The van der Waals surface area contributed by atoms with Crippen molar-refractivity contribution in [3.05, 3.63) is 0 Å². The van der Waals surface area contributed by atoms with E-state index >= 15 is 0 Å². The standard InChI is InChI=1S/C13H27NO/c1-10(2)8-13(15)9-14-11(3)12-6-4-5-7-12/h10-15H,4-9H2,1-3H3. The highest BCUT2D eigenvalue weighted by molar-refractivity contribution is 4.78. The molecular weight excluding hydrogens is 186 g/mol. The molecule has 2 nitrogen and oxygen atoms in total. The van der Waals surface area contributed by atoms with Crippen molar-refractivity contribution in [3.8, 4) is 0 Å². The minimum Gasteiger partial charge on any atom is -0.392 e. The Hall–Kier alpha value is -0.0800. The van der Waals surface area contributed by atoms with Crippen LogP contribution in [0.25, 0.3) is 0 Å². The van der Waals surface area contributed by atoms with Gasteiger partial charge in [0.25, 0.3) is 0 Å². The van der Waals surface area contributed by atoms with Gasteiger partial charge in [-0.05, 0) is 38.0 Å². The quantitative estimate of drug-likeness (QED) is 0.711. The molecule has 0 aromatic carbocycles. The van der Waals surface area contributed by atoms with E-state index in [1.807, 2.05) is 0 Å². The summed E-state index contributed by atoms with van der Waals surface area (Å²) >= 11 is 0. The zero-order valence-electron chi connectivity index (χ0n) is 10.5. The van der Waals surface area contributed by atoms with Crippen molar-refractivity contribution >= 4 is 0 Å². The summed E-state index contributed by atoms with van der Waals surface area (Å²) in [5, 5.41) is 13.2. The fourth-order valence-corrected chi connectivity index (χ4v) is 2.57. The lowest BCUT2D eigenvalue weighted by Gasteiger charge is -2.22. The average Bonchev–Trinajstić information content (AvgIpc) is 2.65. The SMILES string of the molecule is CC(C)CC(O)CNC(C)C1CCCC1. The Morgan fingerprint density at radius 1 is 1.20 bits per heavy atom. The Balaban J connectivity index is 2.12. The summed E-state index contributed by atoms with van der Waals surface area (Å²) < 4.78 is 0. The van der Waals surface area contributed by atoms with E-state index < -0.39 is 0 Å². The van der Waals surface area contributed by atoms with E-state index in [0.29, 0.717) is 12.0 Å². The van der Waals surface area contributed by atoms with Gasteiger partial charge in [-0.25, -0.2) is 0 Å². The first-order valence-electron chi connectivity index (χ1n) is 6.51. The first kappa shape index (κ1) is 13.0. The maximum atomic E-state index is 9.75. The van der Waals surface area contributed by atoms with Crippen LogP contribution < -0.4 is 5.32 Å². The van der Waals surface area contributed by atoms with Gasteiger partial charge in [-0.2, -0.15) is 0 Å². The van der Waals surface area contributed by atoms with Crippen molar-refractivity contribution in [2.75, 3.05) is 6.54 Å². The molecule has 2 N–H and O–H groups in total. The number of nitrogens with one attached hydrogen (secondary N) is 1. The van der Waals surface area contributed by atoms with E-state index in [1.54, 1.807) is 0 Å². The van der Waals surface area contributed by atoms with Crippen molar-refractivity contribution in [2.45, 2.75) is 65.0 Å². The monoisotopic (exact) mass is 213 g/mol. The molecule has 2 heteroatoms.